The molecule has 0 saturated carbocycles. The minimum absolute atomic E-state index is 0.329. The lowest BCUT2D eigenvalue weighted by Gasteiger charge is -2.23. The highest BCUT2D eigenvalue weighted by atomic mass is 16.1. The maximum absolute atomic E-state index is 11.0. The van der Waals surface area contributed by atoms with Crippen molar-refractivity contribution in [3.8, 4) is 0 Å². The van der Waals surface area contributed by atoms with Gasteiger partial charge in [0.05, 0.1) is 0 Å². The molecule has 0 bridgehead atoms. The van der Waals surface area contributed by atoms with Gasteiger partial charge in [0.25, 0.3) is 0 Å². The van der Waals surface area contributed by atoms with Gasteiger partial charge in [-0.15, -0.1) is 0 Å². The third-order valence-corrected chi connectivity index (χ3v) is 3.23. The highest BCUT2D eigenvalue weighted by Gasteiger charge is 2.15. The van der Waals surface area contributed by atoms with Crippen LogP contribution in [0, 0.1) is 0 Å². The van der Waals surface area contributed by atoms with Crippen molar-refractivity contribution in [1.82, 2.24) is 9.97 Å². The summed E-state index contributed by atoms with van der Waals surface area (Å²) in [6.07, 6.45) is 1.39. The molecular formula is C18H13N3O2. The predicted molar refractivity (Wildman–Crippen MR) is 87.5 cm³/mol. The van der Waals surface area contributed by atoms with E-state index in [1.54, 1.807) is 41.3 Å². The SMILES string of the molecule is O=Cc1cccc(N(c2ccccc2)c2cccc(C=O)n2)n1. The second-order valence-corrected chi connectivity index (χ2v) is 4.75. The Morgan fingerprint density at radius 1 is 0.652 bits per heavy atom. The molecule has 0 saturated heterocycles. The van der Waals surface area contributed by atoms with Crippen molar-refractivity contribution in [2.24, 2.45) is 0 Å². The lowest BCUT2D eigenvalue weighted by atomic mass is 10.2. The molecule has 3 rings (SSSR count). The van der Waals surface area contributed by atoms with Gasteiger partial charge in [0.1, 0.15) is 23.0 Å². The van der Waals surface area contributed by atoms with E-state index in [9.17, 15) is 9.59 Å². The Morgan fingerprint density at radius 3 is 1.65 bits per heavy atom. The van der Waals surface area contributed by atoms with Crippen LogP contribution in [-0.4, -0.2) is 22.5 Å². The first-order chi connectivity index (χ1) is 11.3. The first-order valence-corrected chi connectivity index (χ1v) is 7.01. The summed E-state index contributed by atoms with van der Waals surface area (Å²) in [6, 6.07) is 19.9. The van der Waals surface area contributed by atoms with Crippen molar-refractivity contribution in [2.75, 3.05) is 4.90 Å². The summed E-state index contributed by atoms with van der Waals surface area (Å²) in [4.78, 5) is 32.5. The smallest absolute Gasteiger partial charge is 0.168 e. The fraction of sp³-hybridized carbons (Fsp3) is 0. The molecule has 112 valence electrons. The van der Waals surface area contributed by atoms with Crippen LogP contribution in [0.1, 0.15) is 21.0 Å². The third kappa shape index (κ3) is 3.13. The molecule has 3 aromatic rings. The number of benzene rings is 1. The van der Waals surface area contributed by atoms with Crippen LogP contribution in [0.2, 0.25) is 0 Å². The van der Waals surface area contributed by atoms with Crippen LogP contribution in [0.4, 0.5) is 17.3 Å². The zero-order chi connectivity index (χ0) is 16.1. The topological polar surface area (TPSA) is 63.2 Å². The first kappa shape index (κ1) is 14.6. The number of para-hydroxylation sites is 1. The Balaban J connectivity index is 2.17. The van der Waals surface area contributed by atoms with Crippen LogP contribution in [-0.2, 0) is 0 Å². The van der Waals surface area contributed by atoms with E-state index < -0.39 is 0 Å². The maximum atomic E-state index is 11.0. The van der Waals surface area contributed by atoms with Gasteiger partial charge < -0.3 is 0 Å². The van der Waals surface area contributed by atoms with Gasteiger partial charge in [0.2, 0.25) is 0 Å². The molecule has 2 aromatic heterocycles. The van der Waals surface area contributed by atoms with Gasteiger partial charge in [-0.3, -0.25) is 14.5 Å². The van der Waals surface area contributed by atoms with E-state index in [-0.39, 0.29) is 0 Å². The zero-order valence-corrected chi connectivity index (χ0v) is 12.2. The van der Waals surface area contributed by atoms with Crippen molar-refractivity contribution >= 4 is 29.9 Å². The molecule has 5 heteroatoms. The maximum Gasteiger partial charge on any atom is 0.168 e. The van der Waals surface area contributed by atoms with Crippen molar-refractivity contribution in [3.05, 3.63) is 78.1 Å². The van der Waals surface area contributed by atoms with Gasteiger partial charge in [-0.1, -0.05) is 30.3 Å². The van der Waals surface area contributed by atoms with Crippen LogP contribution in [0.15, 0.2) is 66.7 Å². The number of nitrogens with zero attached hydrogens (tertiary/aromatic N) is 3. The lowest BCUT2D eigenvalue weighted by molar-refractivity contribution is 0.111. The van der Waals surface area contributed by atoms with Gasteiger partial charge in [-0.2, -0.15) is 0 Å². The summed E-state index contributed by atoms with van der Waals surface area (Å²) in [5.41, 5.74) is 1.49. The Morgan fingerprint density at radius 2 is 1.17 bits per heavy atom. The van der Waals surface area contributed by atoms with Crippen LogP contribution >= 0.6 is 0 Å². The number of aldehydes is 2. The monoisotopic (exact) mass is 303 g/mol. The van der Waals surface area contributed by atoms with Crippen LogP contribution in [0.5, 0.6) is 0 Å². The molecule has 0 atom stereocenters. The third-order valence-electron chi connectivity index (χ3n) is 3.23. The molecule has 0 aliphatic rings. The van der Waals surface area contributed by atoms with Crippen molar-refractivity contribution < 1.29 is 9.59 Å². The van der Waals surface area contributed by atoms with Crippen molar-refractivity contribution in [3.63, 3.8) is 0 Å². The molecular weight excluding hydrogens is 290 g/mol. The molecule has 0 N–H and O–H groups in total. The molecule has 0 spiro atoms. The van der Waals surface area contributed by atoms with Gasteiger partial charge >= 0.3 is 0 Å². The van der Waals surface area contributed by atoms with E-state index in [0.717, 1.165) is 5.69 Å². The zero-order valence-electron chi connectivity index (χ0n) is 12.2. The summed E-state index contributed by atoms with van der Waals surface area (Å²) in [7, 11) is 0. The number of carbonyl (C=O) groups excluding carboxylic acids is 2. The number of carbonyl (C=O) groups is 2. The lowest BCUT2D eigenvalue weighted by Crippen LogP contribution is -2.14. The summed E-state index contributed by atoms with van der Waals surface area (Å²) in [6.45, 7) is 0. The molecule has 2 heterocycles. The molecule has 0 aliphatic heterocycles. The molecule has 0 unspecified atom stereocenters. The van der Waals surface area contributed by atoms with E-state index in [1.165, 1.54) is 0 Å². The standard InChI is InChI=1S/C18H13N3O2/c22-12-14-6-4-10-17(19-14)21(16-8-2-1-3-9-16)18-11-5-7-15(13-23)20-18/h1-13H. The van der Waals surface area contributed by atoms with Crippen molar-refractivity contribution in [2.45, 2.75) is 0 Å². The average molecular weight is 303 g/mol. The van der Waals surface area contributed by atoms with Crippen molar-refractivity contribution in [1.29, 1.82) is 0 Å². The minimum Gasteiger partial charge on any atom is -0.296 e. The summed E-state index contributed by atoms with van der Waals surface area (Å²) < 4.78 is 0. The highest BCUT2D eigenvalue weighted by molar-refractivity contribution is 5.78. The summed E-state index contributed by atoms with van der Waals surface area (Å²) >= 11 is 0. The number of anilines is 3. The van der Waals surface area contributed by atoms with Gasteiger partial charge in [-0.05, 0) is 36.4 Å². The van der Waals surface area contributed by atoms with Crippen LogP contribution in [0.25, 0.3) is 0 Å². The molecule has 0 amide bonds. The van der Waals surface area contributed by atoms with Crippen LogP contribution < -0.4 is 4.90 Å². The first-order valence-electron chi connectivity index (χ1n) is 7.01. The fourth-order valence-electron chi connectivity index (χ4n) is 2.22. The van der Waals surface area contributed by atoms with E-state index in [4.69, 9.17) is 0 Å². The number of aromatic nitrogens is 2. The summed E-state index contributed by atoms with van der Waals surface area (Å²) in [5, 5.41) is 0. The number of rotatable bonds is 5. The van der Waals surface area contributed by atoms with Crippen LogP contribution in [0.3, 0.4) is 0 Å². The Bertz CT molecular complexity index is 783. The van der Waals surface area contributed by atoms with E-state index in [2.05, 4.69) is 9.97 Å². The predicted octanol–water partition coefficient (Wildman–Crippen LogP) is 3.57. The van der Waals surface area contributed by atoms with E-state index >= 15 is 0 Å². The normalized spacial score (nSPS) is 10.1. The molecule has 1 aromatic carbocycles. The Labute approximate surface area is 133 Å². The van der Waals surface area contributed by atoms with Gasteiger partial charge in [-0.25, -0.2) is 9.97 Å². The number of pyridine rings is 2. The molecule has 0 aliphatic carbocycles. The second kappa shape index (κ2) is 6.62. The molecule has 23 heavy (non-hydrogen) atoms. The largest absolute Gasteiger partial charge is 0.296 e. The second-order valence-electron chi connectivity index (χ2n) is 4.75. The Kier molecular flexibility index (Phi) is 4.20. The fourth-order valence-corrected chi connectivity index (χ4v) is 2.22. The average Bonchev–Trinajstić information content (AvgIpc) is 2.63. The molecule has 5 nitrogen and oxygen atoms in total. The van der Waals surface area contributed by atoms with Gasteiger partial charge in [0.15, 0.2) is 12.6 Å². The minimum atomic E-state index is 0.329. The van der Waals surface area contributed by atoms with E-state index in [1.807, 2.05) is 30.3 Å². The molecule has 0 radical (unpaired) electrons. The highest BCUT2D eigenvalue weighted by Crippen LogP contribution is 2.31. The number of hydrogen-bond acceptors (Lipinski definition) is 5. The van der Waals surface area contributed by atoms with E-state index in [0.29, 0.717) is 35.6 Å². The number of hydrogen-bond donors (Lipinski definition) is 0. The quantitative estimate of drug-likeness (QED) is 0.674. The summed E-state index contributed by atoms with van der Waals surface area (Å²) in [5.74, 6) is 1.10. The molecule has 0 fully saturated rings. The van der Waals surface area contributed by atoms with Gasteiger partial charge in [0, 0.05) is 5.69 Å². The Hall–Kier alpha value is -3.34.